The van der Waals surface area contributed by atoms with Crippen LogP contribution < -0.4 is 5.73 Å². The van der Waals surface area contributed by atoms with Crippen LogP contribution in [0.3, 0.4) is 0 Å². The molecule has 0 spiro atoms. The van der Waals surface area contributed by atoms with Crippen LogP contribution >= 0.6 is 31.9 Å². The smallest absolute Gasteiger partial charge is 0.127 e. The van der Waals surface area contributed by atoms with Gasteiger partial charge in [-0.05, 0) is 42.2 Å². The SMILES string of the molecule is Cc1cccc(C(N)Cc2ccc(Br)cc2F)c1Br. The van der Waals surface area contributed by atoms with Crippen molar-refractivity contribution in [2.75, 3.05) is 0 Å². The molecular weight excluding hydrogens is 373 g/mol. The Morgan fingerprint density at radius 1 is 1.21 bits per heavy atom. The molecule has 2 aromatic rings. The number of hydrogen-bond acceptors (Lipinski definition) is 1. The highest BCUT2D eigenvalue weighted by Crippen LogP contribution is 2.28. The van der Waals surface area contributed by atoms with Crippen LogP contribution in [0.4, 0.5) is 4.39 Å². The van der Waals surface area contributed by atoms with Crippen molar-refractivity contribution in [3.05, 3.63) is 67.9 Å². The topological polar surface area (TPSA) is 26.0 Å². The normalized spacial score (nSPS) is 12.5. The minimum absolute atomic E-state index is 0.228. The lowest BCUT2D eigenvalue weighted by Gasteiger charge is -2.16. The summed E-state index contributed by atoms with van der Waals surface area (Å²) in [6.45, 7) is 2.01. The lowest BCUT2D eigenvalue weighted by Crippen LogP contribution is -2.15. The fourth-order valence-electron chi connectivity index (χ4n) is 1.99. The fourth-order valence-corrected chi connectivity index (χ4v) is 2.88. The van der Waals surface area contributed by atoms with E-state index in [0.717, 1.165) is 20.1 Å². The van der Waals surface area contributed by atoms with E-state index >= 15 is 0 Å². The molecule has 1 atom stereocenters. The number of benzene rings is 2. The summed E-state index contributed by atoms with van der Waals surface area (Å²) in [5.41, 5.74) is 8.96. The van der Waals surface area contributed by atoms with Crippen LogP contribution in [0.5, 0.6) is 0 Å². The lowest BCUT2D eigenvalue weighted by atomic mass is 9.98. The summed E-state index contributed by atoms with van der Waals surface area (Å²) in [6.07, 6.45) is 0.473. The molecule has 0 heterocycles. The summed E-state index contributed by atoms with van der Waals surface area (Å²) < 4.78 is 15.5. The first-order valence-corrected chi connectivity index (χ1v) is 7.52. The Balaban J connectivity index is 2.25. The number of hydrogen-bond donors (Lipinski definition) is 1. The highest BCUT2D eigenvalue weighted by Gasteiger charge is 2.14. The minimum atomic E-state index is -0.232. The molecule has 0 bridgehead atoms. The van der Waals surface area contributed by atoms with E-state index < -0.39 is 0 Å². The quantitative estimate of drug-likeness (QED) is 0.797. The molecule has 0 aromatic heterocycles. The Morgan fingerprint density at radius 2 is 1.95 bits per heavy atom. The molecule has 0 saturated carbocycles. The molecule has 19 heavy (non-hydrogen) atoms. The molecule has 0 saturated heterocycles. The van der Waals surface area contributed by atoms with E-state index in [4.69, 9.17) is 5.73 Å². The Labute approximate surface area is 129 Å². The van der Waals surface area contributed by atoms with Crippen LogP contribution in [0.15, 0.2) is 45.3 Å². The van der Waals surface area contributed by atoms with Gasteiger partial charge in [0.15, 0.2) is 0 Å². The van der Waals surface area contributed by atoms with Crippen molar-refractivity contribution in [3.8, 4) is 0 Å². The number of rotatable bonds is 3. The molecular formula is C15H14Br2FN. The van der Waals surface area contributed by atoms with Crippen LogP contribution in [-0.4, -0.2) is 0 Å². The van der Waals surface area contributed by atoms with Crippen molar-refractivity contribution in [1.29, 1.82) is 0 Å². The molecule has 1 nitrogen and oxygen atoms in total. The highest BCUT2D eigenvalue weighted by molar-refractivity contribution is 9.10. The fraction of sp³-hybridized carbons (Fsp3) is 0.200. The van der Waals surface area contributed by atoms with Gasteiger partial charge in [-0.1, -0.05) is 56.1 Å². The first-order chi connectivity index (χ1) is 8.99. The van der Waals surface area contributed by atoms with E-state index in [1.54, 1.807) is 6.07 Å². The average molecular weight is 387 g/mol. The molecule has 2 aromatic carbocycles. The number of nitrogens with two attached hydrogens (primary N) is 1. The monoisotopic (exact) mass is 385 g/mol. The van der Waals surface area contributed by atoms with Gasteiger partial charge >= 0.3 is 0 Å². The van der Waals surface area contributed by atoms with Crippen LogP contribution in [0.25, 0.3) is 0 Å². The van der Waals surface area contributed by atoms with Crippen molar-refractivity contribution in [3.63, 3.8) is 0 Å². The Morgan fingerprint density at radius 3 is 2.63 bits per heavy atom. The van der Waals surface area contributed by atoms with Crippen LogP contribution in [0.2, 0.25) is 0 Å². The number of halogens is 3. The lowest BCUT2D eigenvalue weighted by molar-refractivity contribution is 0.592. The van der Waals surface area contributed by atoms with E-state index in [2.05, 4.69) is 31.9 Å². The summed E-state index contributed by atoms with van der Waals surface area (Å²) in [7, 11) is 0. The first-order valence-electron chi connectivity index (χ1n) is 5.93. The third-order valence-electron chi connectivity index (χ3n) is 3.08. The van der Waals surface area contributed by atoms with E-state index in [9.17, 15) is 4.39 Å². The molecule has 0 amide bonds. The van der Waals surface area contributed by atoms with Crippen molar-refractivity contribution < 1.29 is 4.39 Å². The molecule has 0 aliphatic heterocycles. The van der Waals surface area contributed by atoms with Crippen LogP contribution in [-0.2, 0) is 6.42 Å². The molecule has 4 heteroatoms. The molecule has 0 radical (unpaired) electrons. The summed E-state index contributed by atoms with van der Waals surface area (Å²) in [6, 6.07) is 10.8. The van der Waals surface area contributed by atoms with Gasteiger partial charge < -0.3 is 5.73 Å². The third kappa shape index (κ3) is 3.44. The molecule has 1 unspecified atom stereocenters. The van der Waals surface area contributed by atoms with Gasteiger partial charge in [0.1, 0.15) is 5.82 Å². The standard InChI is InChI=1S/C15H14Br2FN/c1-9-3-2-4-12(15(9)17)14(19)7-10-5-6-11(16)8-13(10)18/h2-6,8,14H,7,19H2,1H3. The summed E-state index contributed by atoms with van der Waals surface area (Å²) >= 11 is 6.79. The Bertz CT molecular complexity index is 599. The second kappa shape index (κ2) is 6.16. The molecule has 100 valence electrons. The second-order valence-electron chi connectivity index (χ2n) is 4.52. The van der Waals surface area contributed by atoms with E-state index in [-0.39, 0.29) is 11.9 Å². The summed E-state index contributed by atoms with van der Waals surface area (Å²) in [5, 5.41) is 0. The predicted molar refractivity (Wildman–Crippen MR) is 83.6 cm³/mol. The van der Waals surface area contributed by atoms with Crippen LogP contribution in [0.1, 0.15) is 22.7 Å². The number of aryl methyl sites for hydroxylation is 1. The Kier molecular flexibility index (Phi) is 4.76. The van der Waals surface area contributed by atoms with Crippen LogP contribution in [0, 0.1) is 12.7 Å². The van der Waals surface area contributed by atoms with Gasteiger partial charge in [-0.15, -0.1) is 0 Å². The second-order valence-corrected chi connectivity index (χ2v) is 6.23. The van der Waals surface area contributed by atoms with Crippen molar-refractivity contribution in [1.82, 2.24) is 0 Å². The van der Waals surface area contributed by atoms with Gasteiger partial charge in [-0.3, -0.25) is 0 Å². The van der Waals surface area contributed by atoms with E-state index in [1.165, 1.54) is 6.07 Å². The average Bonchev–Trinajstić information content (AvgIpc) is 2.36. The first kappa shape index (κ1) is 14.7. The minimum Gasteiger partial charge on any atom is -0.324 e. The predicted octanol–water partition coefficient (Wildman–Crippen LogP) is 4.90. The van der Waals surface area contributed by atoms with Gasteiger partial charge in [-0.25, -0.2) is 4.39 Å². The van der Waals surface area contributed by atoms with E-state index in [0.29, 0.717) is 12.0 Å². The molecule has 2 N–H and O–H groups in total. The molecule has 0 fully saturated rings. The zero-order valence-corrected chi connectivity index (χ0v) is 13.6. The third-order valence-corrected chi connectivity index (χ3v) is 4.65. The van der Waals surface area contributed by atoms with Gasteiger partial charge in [0.25, 0.3) is 0 Å². The zero-order valence-electron chi connectivity index (χ0n) is 10.5. The largest absolute Gasteiger partial charge is 0.324 e. The maximum absolute atomic E-state index is 13.8. The van der Waals surface area contributed by atoms with Gasteiger partial charge in [0.05, 0.1) is 0 Å². The molecule has 0 aliphatic rings. The van der Waals surface area contributed by atoms with Gasteiger partial charge in [0.2, 0.25) is 0 Å². The zero-order chi connectivity index (χ0) is 14.0. The molecule has 0 aliphatic carbocycles. The maximum Gasteiger partial charge on any atom is 0.127 e. The van der Waals surface area contributed by atoms with E-state index in [1.807, 2.05) is 31.2 Å². The maximum atomic E-state index is 13.8. The van der Waals surface area contributed by atoms with Crippen molar-refractivity contribution in [2.24, 2.45) is 5.73 Å². The highest BCUT2D eigenvalue weighted by atomic mass is 79.9. The van der Waals surface area contributed by atoms with Gasteiger partial charge in [-0.2, -0.15) is 0 Å². The summed E-state index contributed by atoms with van der Waals surface area (Å²) in [5.74, 6) is -0.228. The molecule has 2 rings (SSSR count). The van der Waals surface area contributed by atoms with Gasteiger partial charge in [0, 0.05) is 15.0 Å². The van der Waals surface area contributed by atoms with Crippen molar-refractivity contribution >= 4 is 31.9 Å². The summed E-state index contributed by atoms with van der Waals surface area (Å²) in [4.78, 5) is 0. The Hall–Kier alpha value is -0.710. The van der Waals surface area contributed by atoms with Crippen molar-refractivity contribution in [2.45, 2.75) is 19.4 Å².